The third-order valence-corrected chi connectivity index (χ3v) is 3.79. The lowest BCUT2D eigenvalue weighted by molar-refractivity contribution is 0.0939. The highest BCUT2D eigenvalue weighted by Crippen LogP contribution is 2.22. The number of amides is 1. The van der Waals surface area contributed by atoms with E-state index in [9.17, 15) is 4.79 Å². The van der Waals surface area contributed by atoms with E-state index in [0.717, 1.165) is 22.4 Å². The molecular weight excluding hydrogens is 304 g/mol. The van der Waals surface area contributed by atoms with Gasteiger partial charge in [0.15, 0.2) is 0 Å². The van der Waals surface area contributed by atoms with E-state index < -0.39 is 0 Å². The zero-order chi connectivity index (χ0) is 16.9. The first kappa shape index (κ1) is 15.7. The number of H-pyrrole nitrogens is 1. The Labute approximate surface area is 139 Å². The number of aromatic amines is 1. The fourth-order valence-corrected chi connectivity index (χ4v) is 2.37. The van der Waals surface area contributed by atoms with Crippen molar-refractivity contribution < 1.29 is 9.53 Å². The SMILES string of the molecule is COc1ccc(-c2cncc(C(=O)NC(C)c3cn[nH]c3)c2)cc1. The normalized spacial score (nSPS) is 11.8. The van der Waals surface area contributed by atoms with Gasteiger partial charge in [-0.15, -0.1) is 0 Å². The third kappa shape index (κ3) is 3.43. The number of carbonyl (C=O) groups is 1. The summed E-state index contributed by atoms with van der Waals surface area (Å²) in [6.07, 6.45) is 6.75. The van der Waals surface area contributed by atoms with Crippen LogP contribution in [0.25, 0.3) is 11.1 Å². The quantitative estimate of drug-likeness (QED) is 0.757. The Kier molecular flexibility index (Phi) is 4.56. The van der Waals surface area contributed by atoms with Crippen LogP contribution in [0.3, 0.4) is 0 Å². The van der Waals surface area contributed by atoms with Gasteiger partial charge in [0.25, 0.3) is 5.91 Å². The Balaban J connectivity index is 1.77. The molecule has 1 aromatic carbocycles. The van der Waals surface area contributed by atoms with E-state index in [-0.39, 0.29) is 11.9 Å². The number of ether oxygens (including phenoxy) is 1. The monoisotopic (exact) mass is 322 g/mol. The Morgan fingerprint density at radius 3 is 2.62 bits per heavy atom. The van der Waals surface area contributed by atoms with Gasteiger partial charge in [0, 0.05) is 29.7 Å². The van der Waals surface area contributed by atoms with Crippen molar-refractivity contribution in [2.75, 3.05) is 7.11 Å². The summed E-state index contributed by atoms with van der Waals surface area (Å²) in [5.74, 6) is 0.612. The lowest BCUT2D eigenvalue weighted by Gasteiger charge is -2.12. The lowest BCUT2D eigenvalue weighted by atomic mass is 10.1. The Morgan fingerprint density at radius 2 is 1.96 bits per heavy atom. The number of benzene rings is 1. The highest BCUT2D eigenvalue weighted by Gasteiger charge is 2.13. The molecule has 0 fully saturated rings. The molecule has 0 aliphatic rings. The molecule has 1 unspecified atom stereocenters. The Bertz CT molecular complexity index is 813. The molecular formula is C18H18N4O2. The topological polar surface area (TPSA) is 79.9 Å². The Morgan fingerprint density at radius 1 is 1.17 bits per heavy atom. The van der Waals surface area contributed by atoms with Gasteiger partial charge >= 0.3 is 0 Å². The maximum Gasteiger partial charge on any atom is 0.253 e. The van der Waals surface area contributed by atoms with E-state index in [1.165, 1.54) is 0 Å². The van der Waals surface area contributed by atoms with Crippen LogP contribution in [0.2, 0.25) is 0 Å². The molecule has 122 valence electrons. The van der Waals surface area contributed by atoms with Crippen molar-refractivity contribution in [3.63, 3.8) is 0 Å². The smallest absolute Gasteiger partial charge is 0.253 e. The fraction of sp³-hybridized carbons (Fsp3) is 0.167. The highest BCUT2D eigenvalue weighted by molar-refractivity contribution is 5.95. The average molecular weight is 322 g/mol. The van der Waals surface area contributed by atoms with Gasteiger partial charge in [0.05, 0.1) is 24.9 Å². The predicted molar refractivity (Wildman–Crippen MR) is 90.7 cm³/mol. The van der Waals surface area contributed by atoms with E-state index in [0.29, 0.717) is 5.56 Å². The van der Waals surface area contributed by atoms with Crippen molar-refractivity contribution in [1.29, 1.82) is 0 Å². The summed E-state index contributed by atoms with van der Waals surface area (Å²) < 4.78 is 5.16. The highest BCUT2D eigenvalue weighted by atomic mass is 16.5. The molecule has 2 aromatic heterocycles. The van der Waals surface area contributed by atoms with Crippen LogP contribution in [0.5, 0.6) is 5.75 Å². The van der Waals surface area contributed by atoms with Crippen LogP contribution in [-0.2, 0) is 0 Å². The summed E-state index contributed by atoms with van der Waals surface area (Å²) in [7, 11) is 1.63. The van der Waals surface area contributed by atoms with Gasteiger partial charge in [0.2, 0.25) is 0 Å². The molecule has 6 nitrogen and oxygen atoms in total. The molecule has 6 heteroatoms. The standard InChI is InChI=1S/C18H18N4O2/c1-12(16-10-20-21-11-16)22-18(23)15-7-14(8-19-9-15)13-3-5-17(24-2)6-4-13/h3-12H,1-2H3,(H,20,21)(H,22,23). The van der Waals surface area contributed by atoms with Crippen LogP contribution in [0.1, 0.15) is 28.9 Å². The van der Waals surface area contributed by atoms with Gasteiger partial charge in [-0.3, -0.25) is 14.9 Å². The first-order valence-corrected chi connectivity index (χ1v) is 7.56. The van der Waals surface area contributed by atoms with Gasteiger partial charge in [-0.25, -0.2) is 0 Å². The predicted octanol–water partition coefficient (Wildman–Crippen LogP) is 2.97. The number of hydrogen-bond donors (Lipinski definition) is 2. The third-order valence-electron chi connectivity index (χ3n) is 3.79. The number of rotatable bonds is 5. The van der Waals surface area contributed by atoms with Crippen LogP contribution < -0.4 is 10.1 Å². The number of hydrogen-bond acceptors (Lipinski definition) is 4. The van der Waals surface area contributed by atoms with E-state index in [1.54, 1.807) is 31.9 Å². The average Bonchev–Trinajstić information content (AvgIpc) is 3.17. The largest absolute Gasteiger partial charge is 0.497 e. The summed E-state index contributed by atoms with van der Waals surface area (Å²) in [5.41, 5.74) is 3.28. The van der Waals surface area contributed by atoms with Crippen molar-refractivity contribution in [2.45, 2.75) is 13.0 Å². The number of aromatic nitrogens is 3. The molecule has 0 bridgehead atoms. The molecule has 0 saturated heterocycles. The number of nitrogens with zero attached hydrogens (tertiary/aromatic N) is 2. The first-order valence-electron chi connectivity index (χ1n) is 7.56. The van der Waals surface area contributed by atoms with E-state index in [4.69, 9.17) is 4.74 Å². The number of pyridine rings is 1. The van der Waals surface area contributed by atoms with E-state index in [1.807, 2.05) is 37.3 Å². The molecule has 3 rings (SSSR count). The number of nitrogens with one attached hydrogen (secondary N) is 2. The minimum atomic E-state index is -0.174. The first-order chi connectivity index (χ1) is 11.7. The maximum atomic E-state index is 12.4. The summed E-state index contributed by atoms with van der Waals surface area (Å²) in [6.45, 7) is 1.91. The van der Waals surface area contributed by atoms with Crippen LogP contribution in [0, 0.1) is 0 Å². The molecule has 1 atom stereocenters. The molecule has 0 saturated carbocycles. The van der Waals surface area contributed by atoms with Crippen molar-refractivity contribution in [1.82, 2.24) is 20.5 Å². The number of carbonyl (C=O) groups excluding carboxylic acids is 1. The zero-order valence-electron chi connectivity index (χ0n) is 13.5. The molecule has 0 aliphatic heterocycles. The maximum absolute atomic E-state index is 12.4. The molecule has 1 amide bonds. The Hall–Kier alpha value is -3.15. The van der Waals surface area contributed by atoms with Crippen LogP contribution in [0.4, 0.5) is 0 Å². The molecule has 0 radical (unpaired) electrons. The van der Waals surface area contributed by atoms with Crippen molar-refractivity contribution in [3.8, 4) is 16.9 Å². The molecule has 2 N–H and O–H groups in total. The molecule has 24 heavy (non-hydrogen) atoms. The van der Waals surface area contributed by atoms with Gasteiger partial charge < -0.3 is 10.1 Å². The summed E-state index contributed by atoms with van der Waals surface area (Å²) in [6, 6.07) is 9.32. The van der Waals surface area contributed by atoms with Crippen molar-refractivity contribution in [2.24, 2.45) is 0 Å². The molecule has 3 aromatic rings. The van der Waals surface area contributed by atoms with Crippen molar-refractivity contribution in [3.05, 3.63) is 66.2 Å². The minimum Gasteiger partial charge on any atom is -0.497 e. The molecule has 2 heterocycles. The summed E-state index contributed by atoms with van der Waals surface area (Å²) in [5, 5.41) is 9.57. The van der Waals surface area contributed by atoms with Gasteiger partial charge in [-0.05, 0) is 30.7 Å². The lowest BCUT2D eigenvalue weighted by Crippen LogP contribution is -2.26. The molecule has 0 spiro atoms. The van der Waals surface area contributed by atoms with Crippen molar-refractivity contribution >= 4 is 5.91 Å². The van der Waals surface area contributed by atoms with Crippen LogP contribution >= 0.6 is 0 Å². The van der Waals surface area contributed by atoms with E-state index >= 15 is 0 Å². The van der Waals surface area contributed by atoms with Gasteiger partial charge in [-0.1, -0.05) is 12.1 Å². The second-order valence-corrected chi connectivity index (χ2v) is 5.42. The zero-order valence-corrected chi connectivity index (χ0v) is 13.5. The van der Waals surface area contributed by atoms with Crippen LogP contribution in [0.15, 0.2) is 55.1 Å². The summed E-state index contributed by atoms with van der Waals surface area (Å²) in [4.78, 5) is 16.6. The second-order valence-electron chi connectivity index (χ2n) is 5.42. The summed E-state index contributed by atoms with van der Waals surface area (Å²) >= 11 is 0. The van der Waals surface area contributed by atoms with Gasteiger partial charge in [-0.2, -0.15) is 5.10 Å². The minimum absolute atomic E-state index is 0.138. The number of methoxy groups -OCH3 is 1. The van der Waals surface area contributed by atoms with Crippen LogP contribution in [-0.4, -0.2) is 28.2 Å². The van der Waals surface area contributed by atoms with E-state index in [2.05, 4.69) is 20.5 Å². The fourth-order valence-electron chi connectivity index (χ4n) is 2.37. The second kappa shape index (κ2) is 6.95. The van der Waals surface area contributed by atoms with Gasteiger partial charge in [0.1, 0.15) is 5.75 Å². The molecule has 0 aliphatic carbocycles.